The summed E-state index contributed by atoms with van der Waals surface area (Å²) in [6.45, 7) is 0. The van der Waals surface area contributed by atoms with Crippen molar-refractivity contribution in [3.05, 3.63) is 270 Å². The van der Waals surface area contributed by atoms with Gasteiger partial charge in [0.2, 0.25) is 0 Å². The Morgan fingerprint density at radius 2 is 0.956 bits per heavy atom. The predicted octanol–water partition coefficient (Wildman–Crippen LogP) is 17.6. The lowest BCUT2D eigenvalue weighted by molar-refractivity contribution is 0.669. The molecule has 0 spiro atoms. The van der Waals surface area contributed by atoms with Crippen LogP contribution in [0.4, 0.5) is 11.4 Å². The first kappa shape index (κ1) is 38.6. The van der Waals surface area contributed by atoms with Crippen molar-refractivity contribution in [3.8, 4) is 22.3 Å². The molecule has 0 aliphatic heterocycles. The van der Waals surface area contributed by atoms with E-state index in [4.69, 9.17) is 8.83 Å². The number of allylic oxidation sites excluding steroid dienone is 3. The number of fused-ring (bicyclic) bond motifs is 9. The first-order valence-electron chi connectivity index (χ1n) is 23.6. The van der Waals surface area contributed by atoms with Crippen LogP contribution in [0.15, 0.2) is 257 Å². The summed E-state index contributed by atoms with van der Waals surface area (Å²) < 4.78 is 12.7. The summed E-state index contributed by atoms with van der Waals surface area (Å²) in [6, 6.07) is 84.1. The molecule has 2 aliphatic rings. The summed E-state index contributed by atoms with van der Waals surface area (Å²) >= 11 is 0. The van der Waals surface area contributed by atoms with Crippen LogP contribution >= 0.6 is 0 Å². The Morgan fingerprint density at radius 1 is 0.397 bits per heavy atom. The van der Waals surface area contributed by atoms with Gasteiger partial charge >= 0.3 is 0 Å². The molecular formula is C65H43NO2. The van der Waals surface area contributed by atoms with Crippen LogP contribution in [0.1, 0.15) is 35.1 Å². The Kier molecular flexibility index (Phi) is 8.63. The molecule has 0 saturated heterocycles. The van der Waals surface area contributed by atoms with Gasteiger partial charge in [-0.3, -0.25) is 0 Å². The van der Waals surface area contributed by atoms with Gasteiger partial charge in [0.1, 0.15) is 22.3 Å². The molecule has 0 saturated carbocycles. The minimum Gasteiger partial charge on any atom is -0.456 e. The molecule has 0 radical (unpaired) electrons. The number of nitrogens with zero attached hydrogens (tertiary/aromatic N) is 1. The van der Waals surface area contributed by atoms with Crippen LogP contribution < -0.4 is 4.90 Å². The summed E-state index contributed by atoms with van der Waals surface area (Å²) in [5.74, 6) is 0. The average Bonchev–Trinajstić information content (AvgIpc) is 4.06. The van der Waals surface area contributed by atoms with Crippen molar-refractivity contribution in [2.45, 2.75) is 18.3 Å². The summed E-state index contributed by atoms with van der Waals surface area (Å²) in [6.07, 6.45) is 4.33. The van der Waals surface area contributed by atoms with Gasteiger partial charge < -0.3 is 13.7 Å². The molecule has 0 atom stereocenters. The van der Waals surface area contributed by atoms with Gasteiger partial charge in [0.25, 0.3) is 0 Å². The highest BCUT2D eigenvalue weighted by Gasteiger charge is 2.49. The second kappa shape index (κ2) is 15.2. The number of benzene rings is 10. The smallest absolute Gasteiger partial charge is 0.136 e. The van der Waals surface area contributed by atoms with E-state index < -0.39 is 5.41 Å². The molecule has 0 bridgehead atoms. The van der Waals surface area contributed by atoms with Crippen molar-refractivity contribution in [1.82, 2.24) is 0 Å². The molecule has 2 heterocycles. The predicted molar refractivity (Wildman–Crippen MR) is 281 cm³/mol. The highest BCUT2D eigenvalue weighted by molar-refractivity contribution is 6.12. The van der Waals surface area contributed by atoms with E-state index in [0.717, 1.165) is 90.3 Å². The third-order valence-electron chi connectivity index (χ3n) is 14.6. The van der Waals surface area contributed by atoms with Crippen LogP contribution in [-0.2, 0) is 5.41 Å². The quantitative estimate of drug-likeness (QED) is 0.160. The van der Waals surface area contributed by atoms with Gasteiger partial charge in [0.15, 0.2) is 0 Å². The molecule has 3 nitrogen and oxygen atoms in total. The minimum absolute atomic E-state index is 0.462. The van der Waals surface area contributed by atoms with E-state index in [-0.39, 0.29) is 0 Å². The monoisotopic (exact) mass is 869 g/mol. The third kappa shape index (κ3) is 5.79. The van der Waals surface area contributed by atoms with E-state index in [1.165, 1.54) is 49.9 Å². The lowest BCUT2D eigenvalue weighted by Gasteiger charge is -2.38. The van der Waals surface area contributed by atoms with Gasteiger partial charge in [0.05, 0.1) is 16.8 Å². The van der Waals surface area contributed by atoms with E-state index in [0.29, 0.717) is 0 Å². The fraction of sp³-hybridized carbons (Fsp3) is 0.0462. The van der Waals surface area contributed by atoms with Crippen LogP contribution in [0.3, 0.4) is 0 Å². The lowest BCUT2D eigenvalue weighted by Crippen LogP contribution is -2.31. The van der Waals surface area contributed by atoms with Crippen LogP contribution in [0.2, 0.25) is 0 Å². The first-order valence-corrected chi connectivity index (χ1v) is 23.6. The first-order chi connectivity index (χ1) is 33.7. The fourth-order valence-corrected chi connectivity index (χ4v) is 11.7. The van der Waals surface area contributed by atoms with Crippen molar-refractivity contribution < 1.29 is 8.83 Å². The van der Waals surface area contributed by atoms with E-state index in [1.807, 2.05) is 12.1 Å². The third-order valence-corrected chi connectivity index (χ3v) is 14.6. The van der Waals surface area contributed by atoms with Crippen molar-refractivity contribution in [2.75, 3.05) is 4.90 Å². The second-order valence-electron chi connectivity index (χ2n) is 18.2. The van der Waals surface area contributed by atoms with Crippen molar-refractivity contribution in [1.29, 1.82) is 0 Å². The van der Waals surface area contributed by atoms with Gasteiger partial charge in [-0.15, -0.1) is 0 Å². The zero-order valence-corrected chi connectivity index (χ0v) is 37.2. The van der Waals surface area contributed by atoms with Gasteiger partial charge in [-0.2, -0.15) is 0 Å². The summed E-state index contributed by atoms with van der Waals surface area (Å²) in [5.41, 5.74) is 19.0. The molecule has 68 heavy (non-hydrogen) atoms. The summed E-state index contributed by atoms with van der Waals surface area (Å²) in [5, 5.41) is 6.86. The molecule has 2 aromatic heterocycles. The standard InChI is InChI=1S/C65H43NO2/c1-3-18-47(19-4-1)65(48-20-5-2-6-21-48)56-25-12-9-24-52(56)64-57(65)26-15-28-59(64)66(49-34-30-42(31-35-49)45-32-36-61-53(39-45)51-23-11-14-29-60(51)67-61)58-27-13-10-22-50(58)46-33-37-62-54(40-46)55-38-43-16-7-8-17-44(43)41-63(55)68-62/h1-14,16-25,27-41H,15,26H2. The van der Waals surface area contributed by atoms with Crippen molar-refractivity contribution in [2.24, 2.45) is 0 Å². The number of hydrogen-bond acceptors (Lipinski definition) is 3. The number of furan rings is 2. The summed E-state index contributed by atoms with van der Waals surface area (Å²) in [4.78, 5) is 2.54. The van der Waals surface area contributed by atoms with Gasteiger partial charge in [0, 0.05) is 38.4 Å². The van der Waals surface area contributed by atoms with Crippen LogP contribution in [0.5, 0.6) is 0 Å². The summed E-state index contributed by atoms with van der Waals surface area (Å²) in [7, 11) is 0. The zero-order valence-electron chi connectivity index (χ0n) is 37.2. The Labute approximate surface area is 394 Å². The molecule has 10 aromatic carbocycles. The maximum absolute atomic E-state index is 6.52. The van der Waals surface area contributed by atoms with Crippen LogP contribution in [0, 0.1) is 0 Å². The Balaban J connectivity index is 0.985. The van der Waals surface area contributed by atoms with Gasteiger partial charge in [-0.1, -0.05) is 176 Å². The van der Waals surface area contributed by atoms with Crippen molar-refractivity contribution >= 4 is 71.6 Å². The molecule has 3 heteroatoms. The molecule has 320 valence electrons. The Morgan fingerprint density at radius 3 is 1.74 bits per heavy atom. The van der Waals surface area contributed by atoms with E-state index in [1.54, 1.807) is 0 Å². The number of anilines is 2. The fourth-order valence-electron chi connectivity index (χ4n) is 11.7. The molecule has 2 aliphatic carbocycles. The Bertz CT molecular complexity index is 3980. The topological polar surface area (TPSA) is 29.5 Å². The average molecular weight is 870 g/mol. The Hall–Kier alpha value is -8.66. The minimum atomic E-state index is -0.462. The molecule has 0 N–H and O–H groups in total. The maximum atomic E-state index is 6.52. The van der Waals surface area contributed by atoms with E-state index in [9.17, 15) is 0 Å². The maximum Gasteiger partial charge on any atom is 0.136 e. The number of para-hydroxylation sites is 2. The zero-order chi connectivity index (χ0) is 44.8. The van der Waals surface area contributed by atoms with Crippen molar-refractivity contribution in [3.63, 3.8) is 0 Å². The van der Waals surface area contributed by atoms with E-state index >= 15 is 0 Å². The highest BCUT2D eigenvalue weighted by atomic mass is 16.3. The SMILES string of the molecule is C1=C(N(c2ccc(-c3ccc4oc5ccccc5c4c3)cc2)c2ccccc2-c2ccc3oc4cc5ccccc5cc4c3c2)C2=C(CC1)C(c1ccccc1)(c1ccccc1)c1ccccc12. The van der Waals surface area contributed by atoms with E-state index in [2.05, 4.69) is 229 Å². The molecule has 14 rings (SSSR count). The number of rotatable bonds is 7. The van der Waals surface area contributed by atoms with Crippen LogP contribution in [-0.4, -0.2) is 0 Å². The molecule has 0 amide bonds. The number of hydrogen-bond donors (Lipinski definition) is 0. The lowest BCUT2D eigenvalue weighted by atomic mass is 9.65. The largest absolute Gasteiger partial charge is 0.456 e. The highest BCUT2D eigenvalue weighted by Crippen LogP contribution is 2.60. The molecule has 0 unspecified atom stereocenters. The van der Waals surface area contributed by atoms with Gasteiger partial charge in [-0.05, 0) is 129 Å². The normalized spacial score (nSPS) is 14.2. The molecule has 0 fully saturated rings. The van der Waals surface area contributed by atoms with Gasteiger partial charge in [-0.25, -0.2) is 0 Å². The molecule has 12 aromatic rings. The molecular weight excluding hydrogens is 827 g/mol. The second-order valence-corrected chi connectivity index (χ2v) is 18.2. The van der Waals surface area contributed by atoms with Crippen LogP contribution in [0.25, 0.3) is 82.5 Å².